The number of hydrogen-bond donors (Lipinski definition) is 1. The highest BCUT2D eigenvalue weighted by atomic mass is 16.7. The van der Waals surface area contributed by atoms with Gasteiger partial charge in [-0.25, -0.2) is 9.59 Å². The molecule has 0 spiro atoms. The predicted molar refractivity (Wildman–Crippen MR) is 81.3 cm³/mol. The van der Waals surface area contributed by atoms with Gasteiger partial charge in [-0.3, -0.25) is 4.84 Å². The van der Waals surface area contributed by atoms with Crippen LogP contribution in [0.25, 0.3) is 0 Å². The summed E-state index contributed by atoms with van der Waals surface area (Å²) >= 11 is 0. The van der Waals surface area contributed by atoms with E-state index in [4.69, 9.17) is 14.3 Å². The molecule has 1 rings (SSSR count). The lowest BCUT2D eigenvalue weighted by molar-refractivity contribution is -0.0634. The molecule has 2 amide bonds. The molecular formula is C15H28N2O5. The van der Waals surface area contributed by atoms with Gasteiger partial charge in [0.1, 0.15) is 11.2 Å². The van der Waals surface area contributed by atoms with Crippen molar-refractivity contribution in [1.29, 1.82) is 0 Å². The fourth-order valence-corrected chi connectivity index (χ4v) is 1.91. The molecule has 0 aromatic carbocycles. The molecule has 1 fully saturated rings. The monoisotopic (exact) mass is 316 g/mol. The minimum Gasteiger partial charge on any atom is -0.444 e. The van der Waals surface area contributed by atoms with E-state index in [2.05, 4.69) is 5.48 Å². The Kier molecular flexibility index (Phi) is 6.05. The first-order chi connectivity index (χ1) is 9.96. The molecule has 7 nitrogen and oxygen atoms in total. The second kappa shape index (κ2) is 7.17. The maximum Gasteiger partial charge on any atom is 0.431 e. The van der Waals surface area contributed by atoms with E-state index in [0.29, 0.717) is 25.9 Å². The summed E-state index contributed by atoms with van der Waals surface area (Å²) in [5.41, 5.74) is 1.24. The van der Waals surface area contributed by atoms with Crippen molar-refractivity contribution >= 4 is 12.2 Å². The van der Waals surface area contributed by atoms with Crippen molar-refractivity contribution in [2.45, 2.75) is 71.7 Å². The quantitative estimate of drug-likeness (QED) is 0.793. The van der Waals surface area contributed by atoms with E-state index in [1.54, 1.807) is 25.7 Å². The Hall–Kier alpha value is -1.50. The fraction of sp³-hybridized carbons (Fsp3) is 0.867. The molecule has 1 aliphatic rings. The fourth-order valence-electron chi connectivity index (χ4n) is 1.91. The topological polar surface area (TPSA) is 77.1 Å². The molecule has 0 unspecified atom stereocenters. The summed E-state index contributed by atoms with van der Waals surface area (Å²) in [4.78, 5) is 30.4. The lowest BCUT2D eigenvalue weighted by Crippen LogP contribution is -2.45. The summed E-state index contributed by atoms with van der Waals surface area (Å²) < 4.78 is 10.4. The number of rotatable bonds is 2. The Morgan fingerprint density at radius 1 is 0.955 bits per heavy atom. The number of hydrogen-bond acceptors (Lipinski definition) is 5. The number of piperidine rings is 1. The average molecular weight is 316 g/mol. The molecule has 22 heavy (non-hydrogen) atoms. The summed E-state index contributed by atoms with van der Waals surface area (Å²) in [5.74, 6) is 0. The van der Waals surface area contributed by atoms with Crippen LogP contribution in [0.3, 0.4) is 0 Å². The lowest BCUT2D eigenvalue weighted by atomic mass is 10.1. The molecule has 1 heterocycles. The van der Waals surface area contributed by atoms with Crippen LogP contribution in [0.4, 0.5) is 9.59 Å². The molecule has 7 heteroatoms. The van der Waals surface area contributed by atoms with Crippen molar-refractivity contribution in [3.05, 3.63) is 0 Å². The Labute approximate surface area is 132 Å². The molecule has 0 aromatic heterocycles. The van der Waals surface area contributed by atoms with E-state index in [0.717, 1.165) is 0 Å². The Bertz CT molecular complexity index is 390. The maximum atomic E-state index is 11.9. The number of likely N-dealkylation sites (tertiary alicyclic amines) is 1. The molecule has 1 N–H and O–H groups in total. The molecule has 1 aliphatic heterocycles. The van der Waals surface area contributed by atoms with Crippen LogP contribution in [0.2, 0.25) is 0 Å². The summed E-state index contributed by atoms with van der Waals surface area (Å²) in [6.07, 6.45) is 0.212. The van der Waals surface area contributed by atoms with E-state index in [1.165, 1.54) is 0 Å². The second-order valence-electron chi connectivity index (χ2n) is 7.39. The van der Waals surface area contributed by atoms with Gasteiger partial charge in [-0.05, 0) is 54.4 Å². The first kappa shape index (κ1) is 18.5. The third kappa shape index (κ3) is 7.49. The van der Waals surface area contributed by atoms with Crippen molar-refractivity contribution in [2.24, 2.45) is 0 Å². The zero-order valence-corrected chi connectivity index (χ0v) is 14.4. The minimum atomic E-state index is -0.609. The van der Waals surface area contributed by atoms with E-state index < -0.39 is 17.3 Å². The normalized spacial score (nSPS) is 17.1. The van der Waals surface area contributed by atoms with Gasteiger partial charge >= 0.3 is 12.2 Å². The number of nitrogens with one attached hydrogen (secondary N) is 1. The van der Waals surface area contributed by atoms with Gasteiger partial charge in [0.2, 0.25) is 0 Å². The summed E-state index contributed by atoms with van der Waals surface area (Å²) in [5, 5.41) is 0. The number of ether oxygens (including phenoxy) is 2. The highest BCUT2D eigenvalue weighted by Crippen LogP contribution is 2.17. The van der Waals surface area contributed by atoms with Crippen molar-refractivity contribution in [2.75, 3.05) is 13.1 Å². The third-order valence-electron chi connectivity index (χ3n) is 2.80. The van der Waals surface area contributed by atoms with Crippen molar-refractivity contribution in [3.63, 3.8) is 0 Å². The van der Waals surface area contributed by atoms with Crippen molar-refractivity contribution < 1.29 is 23.9 Å². The predicted octanol–water partition coefficient (Wildman–Crippen LogP) is 2.84. The van der Waals surface area contributed by atoms with Gasteiger partial charge in [0.15, 0.2) is 0 Å². The summed E-state index contributed by atoms with van der Waals surface area (Å²) in [6, 6.07) is 0. The van der Waals surface area contributed by atoms with Gasteiger partial charge in [-0.2, -0.15) is 5.48 Å². The number of nitrogens with zero attached hydrogens (tertiary/aromatic N) is 1. The number of carbonyl (C=O) groups excluding carboxylic acids is 2. The first-order valence-corrected chi connectivity index (χ1v) is 7.59. The van der Waals surface area contributed by atoms with Crippen molar-refractivity contribution in [1.82, 2.24) is 10.4 Å². The van der Waals surface area contributed by atoms with E-state index >= 15 is 0 Å². The highest BCUT2D eigenvalue weighted by molar-refractivity contribution is 5.68. The van der Waals surface area contributed by atoms with Crippen LogP contribution in [0.1, 0.15) is 54.4 Å². The van der Waals surface area contributed by atoms with Gasteiger partial charge in [0.25, 0.3) is 0 Å². The smallest absolute Gasteiger partial charge is 0.431 e. The molecule has 128 valence electrons. The first-order valence-electron chi connectivity index (χ1n) is 7.59. The number of carbonyl (C=O) groups is 2. The molecule has 1 saturated heterocycles. The minimum absolute atomic E-state index is 0.133. The molecular weight excluding hydrogens is 288 g/mol. The van der Waals surface area contributed by atoms with Crippen LogP contribution >= 0.6 is 0 Å². The zero-order valence-electron chi connectivity index (χ0n) is 14.4. The van der Waals surface area contributed by atoms with Crippen LogP contribution in [0.15, 0.2) is 0 Å². The maximum absolute atomic E-state index is 11.9. The molecule has 0 atom stereocenters. The summed E-state index contributed by atoms with van der Waals surface area (Å²) in [6.45, 7) is 11.9. The molecule has 0 saturated carbocycles. The van der Waals surface area contributed by atoms with Gasteiger partial charge in [0, 0.05) is 13.1 Å². The third-order valence-corrected chi connectivity index (χ3v) is 2.80. The Balaban J connectivity index is 2.28. The van der Waals surface area contributed by atoms with Crippen LogP contribution in [-0.4, -0.2) is 47.5 Å². The van der Waals surface area contributed by atoms with Gasteiger partial charge in [-0.15, -0.1) is 0 Å². The van der Waals surface area contributed by atoms with Crippen LogP contribution in [0.5, 0.6) is 0 Å². The second-order valence-corrected chi connectivity index (χ2v) is 7.39. The van der Waals surface area contributed by atoms with Gasteiger partial charge in [0.05, 0.1) is 6.10 Å². The molecule has 0 bridgehead atoms. The molecule has 0 radical (unpaired) electrons. The number of amides is 2. The Morgan fingerprint density at radius 2 is 1.45 bits per heavy atom. The van der Waals surface area contributed by atoms with Crippen LogP contribution in [0, 0.1) is 0 Å². The van der Waals surface area contributed by atoms with Gasteiger partial charge < -0.3 is 14.4 Å². The van der Waals surface area contributed by atoms with Gasteiger partial charge in [-0.1, -0.05) is 0 Å². The standard InChI is InChI=1S/C15H28N2O5/c1-14(2,3)20-12(18)16-22-11-7-9-17(10-8-11)13(19)21-15(4,5)6/h11H,7-10H2,1-6H3,(H,16,18). The van der Waals surface area contributed by atoms with Crippen LogP contribution < -0.4 is 5.48 Å². The molecule has 0 aliphatic carbocycles. The highest BCUT2D eigenvalue weighted by Gasteiger charge is 2.28. The SMILES string of the molecule is CC(C)(C)OC(=O)NOC1CCN(C(=O)OC(C)(C)C)CC1. The number of hydroxylamine groups is 1. The summed E-state index contributed by atoms with van der Waals surface area (Å²) in [7, 11) is 0. The van der Waals surface area contributed by atoms with E-state index in [9.17, 15) is 9.59 Å². The van der Waals surface area contributed by atoms with Crippen LogP contribution in [-0.2, 0) is 14.3 Å². The van der Waals surface area contributed by atoms with E-state index in [1.807, 2.05) is 20.8 Å². The van der Waals surface area contributed by atoms with E-state index in [-0.39, 0.29) is 12.2 Å². The lowest BCUT2D eigenvalue weighted by Gasteiger charge is -2.33. The average Bonchev–Trinajstić information content (AvgIpc) is 2.33. The zero-order chi connectivity index (χ0) is 17.0. The van der Waals surface area contributed by atoms with Crippen molar-refractivity contribution in [3.8, 4) is 0 Å². The Morgan fingerprint density at radius 3 is 1.91 bits per heavy atom. The largest absolute Gasteiger partial charge is 0.444 e. The molecule has 0 aromatic rings.